The van der Waals surface area contributed by atoms with Crippen LogP contribution in [-0.2, 0) is 11.2 Å². The monoisotopic (exact) mass is 194 g/mol. The van der Waals surface area contributed by atoms with E-state index in [1.165, 1.54) is 12.8 Å². The predicted octanol–water partition coefficient (Wildman–Crippen LogP) is 1.54. The number of rotatable bonds is 4. The van der Waals surface area contributed by atoms with Crippen molar-refractivity contribution in [3.8, 4) is 0 Å². The molecule has 1 N–H and O–H groups in total. The van der Waals surface area contributed by atoms with Gasteiger partial charge in [-0.2, -0.15) is 0 Å². The minimum Gasteiger partial charge on any atom is -0.481 e. The fourth-order valence-electron chi connectivity index (χ4n) is 1.63. The molecule has 1 heterocycles. The lowest BCUT2D eigenvalue weighted by atomic mass is 10.2. The molecule has 4 nitrogen and oxygen atoms in total. The summed E-state index contributed by atoms with van der Waals surface area (Å²) in [5.41, 5.74) is 0.900. The van der Waals surface area contributed by atoms with Crippen LogP contribution in [0.5, 0.6) is 0 Å². The van der Waals surface area contributed by atoms with Crippen molar-refractivity contribution < 1.29 is 9.90 Å². The van der Waals surface area contributed by atoms with E-state index >= 15 is 0 Å². The van der Waals surface area contributed by atoms with Crippen molar-refractivity contribution in [1.29, 1.82) is 0 Å². The van der Waals surface area contributed by atoms with Crippen molar-refractivity contribution in [3.05, 3.63) is 17.7 Å². The number of imidazole rings is 1. The van der Waals surface area contributed by atoms with Gasteiger partial charge in [-0.1, -0.05) is 0 Å². The zero-order chi connectivity index (χ0) is 10.1. The molecular weight excluding hydrogens is 180 g/mol. The molecule has 0 atom stereocenters. The molecule has 0 spiro atoms. The molecule has 4 heteroatoms. The Morgan fingerprint density at radius 1 is 1.71 bits per heavy atom. The molecule has 0 saturated heterocycles. The van der Waals surface area contributed by atoms with E-state index in [1.54, 1.807) is 0 Å². The normalized spacial score (nSPS) is 15.8. The summed E-state index contributed by atoms with van der Waals surface area (Å²) in [6.07, 6.45) is 5.16. The minimum absolute atomic E-state index is 0.168. The molecule has 1 aliphatic carbocycles. The topological polar surface area (TPSA) is 55.1 Å². The van der Waals surface area contributed by atoms with Crippen LogP contribution in [0.1, 0.15) is 36.8 Å². The van der Waals surface area contributed by atoms with Gasteiger partial charge in [0.25, 0.3) is 0 Å². The van der Waals surface area contributed by atoms with Crippen molar-refractivity contribution in [3.63, 3.8) is 0 Å². The molecular formula is C10H14N2O2. The second-order valence-corrected chi connectivity index (χ2v) is 3.81. The van der Waals surface area contributed by atoms with Crippen molar-refractivity contribution in [2.75, 3.05) is 0 Å². The number of hydrogen-bond donors (Lipinski definition) is 1. The number of hydrogen-bond acceptors (Lipinski definition) is 2. The molecule has 0 aromatic carbocycles. The first-order chi connectivity index (χ1) is 6.66. The molecule has 76 valence electrons. The Kier molecular flexibility index (Phi) is 2.27. The summed E-state index contributed by atoms with van der Waals surface area (Å²) in [5, 5.41) is 8.54. The molecule has 1 aromatic heterocycles. The molecule has 1 fully saturated rings. The van der Waals surface area contributed by atoms with Crippen LogP contribution < -0.4 is 0 Å². The number of carboxylic acids is 1. The van der Waals surface area contributed by atoms with Crippen molar-refractivity contribution in [1.82, 2.24) is 9.55 Å². The molecule has 14 heavy (non-hydrogen) atoms. The van der Waals surface area contributed by atoms with Gasteiger partial charge in [0.15, 0.2) is 0 Å². The van der Waals surface area contributed by atoms with E-state index in [0.717, 1.165) is 11.5 Å². The average Bonchev–Trinajstić information content (AvgIpc) is 2.88. The molecule has 0 bridgehead atoms. The van der Waals surface area contributed by atoms with E-state index in [-0.39, 0.29) is 6.42 Å². The summed E-state index contributed by atoms with van der Waals surface area (Å²) in [6.45, 7) is 1.97. The SMILES string of the molecule is Cc1nc(CCC(=O)O)cn1C1CC1. The van der Waals surface area contributed by atoms with Gasteiger partial charge in [0, 0.05) is 18.7 Å². The number of nitrogens with zero attached hydrogens (tertiary/aromatic N) is 2. The third-order valence-corrected chi connectivity index (χ3v) is 2.50. The van der Waals surface area contributed by atoms with E-state index in [1.807, 2.05) is 13.1 Å². The predicted molar refractivity (Wildman–Crippen MR) is 51.2 cm³/mol. The molecule has 1 aromatic rings. The molecule has 2 rings (SSSR count). The zero-order valence-corrected chi connectivity index (χ0v) is 8.23. The lowest BCUT2D eigenvalue weighted by Gasteiger charge is -1.98. The molecule has 1 aliphatic rings. The van der Waals surface area contributed by atoms with E-state index in [2.05, 4.69) is 9.55 Å². The van der Waals surface area contributed by atoms with E-state index in [9.17, 15) is 4.79 Å². The van der Waals surface area contributed by atoms with Gasteiger partial charge >= 0.3 is 5.97 Å². The van der Waals surface area contributed by atoms with Crippen LogP contribution in [-0.4, -0.2) is 20.6 Å². The van der Waals surface area contributed by atoms with Gasteiger partial charge in [-0.05, 0) is 19.8 Å². The largest absolute Gasteiger partial charge is 0.481 e. The summed E-state index contributed by atoms with van der Waals surface area (Å²) in [4.78, 5) is 14.7. The van der Waals surface area contributed by atoms with Gasteiger partial charge in [-0.15, -0.1) is 0 Å². The van der Waals surface area contributed by atoms with Gasteiger partial charge in [0.2, 0.25) is 0 Å². The lowest BCUT2D eigenvalue weighted by molar-refractivity contribution is -0.136. The van der Waals surface area contributed by atoms with E-state index in [0.29, 0.717) is 12.5 Å². The highest BCUT2D eigenvalue weighted by Crippen LogP contribution is 2.35. The Labute approximate surface area is 82.6 Å². The van der Waals surface area contributed by atoms with Gasteiger partial charge in [-0.25, -0.2) is 4.98 Å². The smallest absolute Gasteiger partial charge is 0.303 e. The Balaban J connectivity index is 2.04. The first-order valence-electron chi connectivity index (χ1n) is 4.93. The third kappa shape index (κ3) is 1.95. The second kappa shape index (κ2) is 3.44. The number of aliphatic carboxylic acids is 1. The Morgan fingerprint density at radius 3 is 3.00 bits per heavy atom. The van der Waals surface area contributed by atoms with Crippen LogP contribution >= 0.6 is 0 Å². The Hall–Kier alpha value is -1.32. The molecule has 0 aliphatic heterocycles. The van der Waals surface area contributed by atoms with Crippen LogP contribution in [0.15, 0.2) is 6.20 Å². The minimum atomic E-state index is -0.761. The number of carboxylic acid groups (broad SMARTS) is 1. The summed E-state index contributed by atoms with van der Waals surface area (Å²) >= 11 is 0. The first-order valence-corrected chi connectivity index (χ1v) is 4.93. The number of aromatic nitrogens is 2. The van der Waals surface area contributed by atoms with E-state index < -0.39 is 5.97 Å². The Morgan fingerprint density at radius 2 is 2.43 bits per heavy atom. The maximum absolute atomic E-state index is 10.4. The lowest BCUT2D eigenvalue weighted by Crippen LogP contribution is -1.97. The van der Waals surface area contributed by atoms with Gasteiger partial charge in [0.1, 0.15) is 5.82 Å². The Bertz CT molecular complexity index is 353. The van der Waals surface area contributed by atoms with Crippen LogP contribution in [0.2, 0.25) is 0 Å². The summed E-state index contributed by atoms with van der Waals surface area (Å²) in [5.74, 6) is 0.247. The van der Waals surface area contributed by atoms with Crippen LogP contribution in [0.4, 0.5) is 0 Å². The number of carbonyl (C=O) groups is 1. The highest BCUT2D eigenvalue weighted by molar-refractivity contribution is 5.66. The quantitative estimate of drug-likeness (QED) is 0.791. The molecule has 0 unspecified atom stereocenters. The highest BCUT2D eigenvalue weighted by Gasteiger charge is 2.25. The maximum Gasteiger partial charge on any atom is 0.303 e. The van der Waals surface area contributed by atoms with Crippen molar-refractivity contribution in [2.45, 2.75) is 38.6 Å². The van der Waals surface area contributed by atoms with Crippen LogP contribution in [0.3, 0.4) is 0 Å². The molecule has 0 amide bonds. The summed E-state index contributed by atoms with van der Waals surface area (Å²) in [6, 6.07) is 0.626. The first kappa shape index (κ1) is 9.24. The summed E-state index contributed by atoms with van der Waals surface area (Å²) in [7, 11) is 0. The fourth-order valence-corrected chi connectivity index (χ4v) is 1.63. The van der Waals surface area contributed by atoms with Gasteiger partial charge in [-0.3, -0.25) is 4.79 Å². The standard InChI is InChI=1S/C10H14N2O2/c1-7-11-8(2-5-10(13)14)6-12(7)9-3-4-9/h6,9H,2-5H2,1H3,(H,13,14). The summed E-state index contributed by atoms with van der Waals surface area (Å²) < 4.78 is 2.16. The third-order valence-electron chi connectivity index (χ3n) is 2.50. The van der Waals surface area contributed by atoms with Gasteiger partial charge in [0.05, 0.1) is 12.1 Å². The zero-order valence-electron chi connectivity index (χ0n) is 8.23. The van der Waals surface area contributed by atoms with Crippen LogP contribution in [0, 0.1) is 6.92 Å². The van der Waals surface area contributed by atoms with E-state index in [4.69, 9.17) is 5.11 Å². The van der Waals surface area contributed by atoms with Crippen molar-refractivity contribution >= 4 is 5.97 Å². The van der Waals surface area contributed by atoms with Gasteiger partial charge < -0.3 is 9.67 Å². The second-order valence-electron chi connectivity index (χ2n) is 3.81. The molecule has 1 saturated carbocycles. The highest BCUT2D eigenvalue weighted by atomic mass is 16.4. The fraction of sp³-hybridized carbons (Fsp3) is 0.600. The number of aryl methyl sites for hydroxylation is 2. The van der Waals surface area contributed by atoms with Crippen LogP contribution in [0.25, 0.3) is 0 Å². The average molecular weight is 194 g/mol. The molecule has 0 radical (unpaired) electrons. The maximum atomic E-state index is 10.4. The van der Waals surface area contributed by atoms with Crippen molar-refractivity contribution in [2.24, 2.45) is 0 Å².